The Morgan fingerprint density at radius 2 is 1.93 bits per heavy atom. The summed E-state index contributed by atoms with van der Waals surface area (Å²) < 4.78 is 1.25. The van der Waals surface area contributed by atoms with Gasteiger partial charge in [0.2, 0.25) is 5.91 Å². The summed E-state index contributed by atoms with van der Waals surface area (Å²) in [5, 5.41) is 3.50. The van der Waals surface area contributed by atoms with Crippen molar-refractivity contribution in [3.8, 4) is 0 Å². The first-order chi connectivity index (χ1) is 13.6. The van der Waals surface area contributed by atoms with Gasteiger partial charge in [-0.3, -0.25) is 9.59 Å². The van der Waals surface area contributed by atoms with Crippen LogP contribution in [0.15, 0.2) is 18.2 Å². The van der Waals surface area contributed by atoms with Gasteiger partial charge in [-0.1, -0.05) is 12.1 Å². The molecule has 1 aromatic carbocycles. The highest BCUT2D eigenvalue weighted by atomic mass is 16.2. The molecule has 3 aliphatic rings. The van der Waals surface area contributed by atoms with Crippen molar-refractivity contribution >= 4 is 11.8 Å². The number of benzene rings is 1. The van der Waals surface area contributed by atoms with E-state index in [4.69, 9.17) is 5.73 Å². The van der Waals surface area contributed by atoms with E-state index in [2.05, 4.69) is 5.32 Å². The summed E-state index contributed by atoms with van der Waals surface area (Å²) in [6.07, 6.45) is 7.60. The number of primary amides is 1. The molecule has 4 rings (SSSR count). The predicted molar refractivity (Wildman–Crippen MR) is 109 cm³/mol. The summed E-state index contributed by atoms with van der Waals surface area (Å²) in [5.74, 6) is -0.549. The molecule has 3 heterocycles. The van der Waals surface area contributed by atoms with Crippen molar-refractivity contribution in [3.05, 3.63) is 34.9 Å². The van der Waals surface area contributed by atoms with Crippen LogP contribution in [-0.4, -0.2) is 66.5 Å². The van der Waals surface area contributed by atoms with Crippen molar-refractivity contribution in [1.29, 1.82) is 0 Å². The first-order valence-corrected chi connectivity index (χ1v) is 10.9. The molecule has 0 saturated carbocycles. The molecule has 0 atom stereocenters. The van der Waals surface area contributed by atoms with E-state index in [0.717, 1.165) is 44.2 Å². The maximum atomic E-state index is 12.9. The number of rotatable bonds is 6. The molecule has 3 aliphatic heterocycles. The fraction of sp³-hybridized carbons (Fsp3) is 0.636. The van der Waals surface area contributed by atoms with Crippen LogP contribution < -0.4 is 11.1 Å². The van der Waals surface area contributed by atoms with Gasteiger partial charge in [-0.15, -0.1) is 0 Å². The molecule has 6 nitrogen and oxygen atoms in total. The van der Waals surface area contributed by atoms with Crippen molar-refractivity contribution < 1.29 is 14.1 Å². The van der Waals surface area contributed by atoms with Crippen LogP contribution in [0.3, 0.4) is 0 Å². The number of nitrogens with zero attached hydrogens (tertiary/aromatic N) is 2. The number of amides is 2. The molecule has 0 aliphatic carbocycles. The highest BCUT2D eigenvalue weighted by Crippen LogP contribution is 2.30. The number of carbonyl (C=O) groups excluding carboxylic acids is 2. The van der Waals surface area contributed by atoms with Gasteiger partial charge in [0.25, 0.3) is 5.91 Å². The molecule has 0 spiro atoms. The molecule has 2 saturated heterocycles. The van der Waals surface area contributed by atoms with Crippen LogP contribution in [0.2, 0.25) is 0 Å². The Kier molecular flexibility index (Phi) is 5.69. The summed E-state index contributed by atoms with van der Waals surface area (Å²) in [6.45, 7) is 7.39. The maximum absolute atomic E-state index is 12.9. The first kappa shape index (κ1) is 19.4. The second kappa shape index (κ2) is 8.21. The standard InChI is InChI=1S/C22H32N4O2/c23-21(27)19-7-4-6-17-16-25(22(28)20(17)19)12-5-15-26(13-2-1-3-14-26)18-8-10-24-11-9-18/h4,6-7,18,24H,1-3,5,8-16H2,(H-,23,27)/p+1. The third-order valence-electron chi connectivity index (χ3n) is 7.10. The topological polar surface area (TPSA) is 75.4 Å². The van der Waals surface area contributed by atoms with E-state index >= 15 is 0 Å². The lowest BCUT2D eigenvalue weighted by atomic mass is 9.96. The molecule has 6 heteroatoms. The Balaban J connectivity index is 1.41. The Hall–Kier alpha value is -1.92. The van der Waals surface area contributed by atoms with Gasteiger partial charge in [0.15, 0.2) is 0 Å². The van der Waals surface area contributed by atoms with E-state index in [0.29, 0.717) is 17.7 Å². The van der Waals surface area contributed by atoms with E-state index in [1.54, 1.807) is 6.07 Å². The zero-order valence-electron chi connectivity index (χ0n) is 16.8. The van der Waals surface area contributed by atoms with Crippen LogP contribution in [0.4, 0.5) is 0 Å². The summed E-state index contributed by atoms with van der Waals surface area (Å²) >= 11 is 0. The fourth-order valence-corrected chi connectivity index (χ4v) is 5.65. The molecule has 2 amide bonds. The van der Waals surface area contributed by atoms with Gasteiger partial charge in [0, 0.05) is 45.4 Å². The average molecular weight is 386 g/mol. The van der Waals surface area contributed by atoms with E-state index in [-0.39, 0.29) is 5.91 Å². The Morgan fingerprint density at radius 1 is 1.18 bits per heavy atom. The number of carbonyl (C=O) groups is 2. The number of likely N-dealkylation sites (tertiary alicyclic amines) is 1. The molecule has 28 heavy (non-hydrogen) atoms. The minimum atomic E-state index is -0.518. The fourth-order valence-electron chi connectivity index (χ4n) is 5.65. The lowest BCUT2D eigenvalue weighted by Gasteiger charge is -2.49. The van der Waals surface area contributed by atoms with E-state index in [1.807, 2.05) is 17.0 Å². The van der Waals surface area contributed by atoms with Crippen molar-refractivity contribution in [2.75, 3.05) is 39.3 Å². The van der Waals surface area contributed by atoms with E-state index < -0.39 is 5.91 Å². The van der Waals surface area contributed by atoms with Gasteiger partial charge < -0.3 is 20.4 Å². The molecule has 2 fully saturated rings. The highest BCUT2D eigenvalue weighted by molar-refractivity contribution is 6.09. The molecule has 0 bridgehead atoms. The molecule has 0 radical (unpaired) electrons. The number of fused-ring (bicyclic) bond motifs is 1. The van der Waals surface area contributed by atoms with Gasteiger partial charge in [0.1, 0.15) is 0 Å². The van der Waals surface area contributed by atoms with Crippen LogP contribution in [0.25, 0.3) is 0 Å². The largest absolute Gasteiger partial charge is 0.366 e. The third-order valence-corrected chi connectivity index (χ3v) is 7.10. The third kappa shape index (κ3) is 3.67. The van der Waals surface area contributed by atoms with Crippen molar-refractivity contribution in [3.63, 3.8) is 0 Å². The minimum Gasteiger partial charge on any atom is -0.366 e. The minimum absolute atomic E-state index is 0.0311. The number of nitrogens with one attached hydrogen (secondary N) is 1. The smallest absolute Gasteiger partial charge is 0.255 e. The van der Waals surface area contributed by atoms with Gasteiger partial charge in [-0.2, -0.15) is 0 Å². The van der Waals surface area contributed by atoms with Gasteiger partial charge in [-0.05, 0) is 30.9 Å². The molecular weight excluding hydrogens is 352 g/mol. The zero-order valence-corrected chi connectivity index (χ0v) is 16.8. The van der Waals surface area contributed by atoms with Crippen LogP contribution in [-0.2, 0) is 6.54 Å². The number of hydrogen-bond donors (Lipinski definition) is 2. The average Bonchev–Trinajstić information content (AvgIpc) is 3.05. The second-order valence-electron chi connectivity index (χ2n) is 8.72. The summed E-state index contributed by atoms with van der Waals surface area (Å²) in [6, 6.07) is 6.19. The first-order valence-electron chi connectivity index (χ1n) is 10.9. The van der Waals surface area contributed by atoms with E-state index in [1.165, 1.54) is 49.7 Å². The molecule has 3 N–H and O–H groups in total. The van der Waals surface area contributed by atoms with Crippen LogP contribution in [0.1, 0.15) is 64.8 Å². The second-order valence-corrected chi connectivity index (χ2v) is 8.72. The van der Waals surface area contributed by atoms with Gasteiger partial charge >= 0.3 is 0 Å². The Bertz CT molecular complexity index is 736. The molecular formula is C22H33N4O2+. The van der Waals surface area contributed by atoms with Gasteiger partial charge in [0.05, 0.1) is 36.8 Å². The summed E-state index contributed by atoms with van der Waals surface area (Å²) in [5.41, 5.74) is 7.29. The molecule has 0 unspecified atom stereocenters. The number of nitrogens with two attached hydrogens (primary N) is 1. The Labute approximate surface area is 167 Å². The lowest BCUT2D eigenvalue weighted by Crippen LogP contribution is -2.61. The van der Waals surface area contributed by atoms with Crippen LogP contribution in [0, 0.1) is 0 Å². The summed E-state index contributed by atoms with van der Waals surface area (Å²) in [7, 11) is 0. The van der Waals surface area contributed by atoms with E-state index in [9.17, 15) is 9.59 Å². The maximum Gasteiger partial charge on any atom is 0.255 e. The lowest BCUT2D eigenvalue weighted by molar-refractivity contribution is -0.956. The Morgan fingerprint density at radius 3 is 2.64 bits per heavy atom. The summed E-state index contributed by atoms with van der Waals surface area (Å²) in [4.78, 5) is 26.5. The predicted octanol–water partition coefficient (Wildman–Crippen LogP) is 1.88. The monoisotopic (exact) mass is 385 g/mol. The van der Waals surface area contributed by atoms with Crippen molar-refractivity contribution in [1.82, 2.24) is 10.2 Å². The van der Waals surface area contributed by atoms with Crippen LogP contribution >= 0.6 is 0 Å². The van der Waals surface area contributed by atoms with Crippen molar-refractivity contribution in [2.45, 2.75) is 51.1 Å². The zero-order chi connectivity index (χ0) is 19.6. The number of quaternary nitrogens is 1. The highest BCUT2D eigenvalue weighted by Gasteiger charge is 2.39. The van der Waals surface area contributed by atoms with Crippen molar-refractivity contribution in [2.24, 2.45) is 5.73 Å². The normalized spacial score (nSPS) is 22.3. The molecule has 152 valence electrons. The SMILES string of the molecule is NC(=O)c1cccc2c1C(=O)N(CCC[N+]1(C3CCNCC3)CCCCC1)C2. The van der Waals surface area contributed by atoms with Gasteiger partial charge in [-0.25, -0.2) is 0 Å². The number of piperidine rings is 2. The molecule has 0 aromatic heterocycles. The van der Waals surface area contributed by atoms with Crippen LogP contribution in [0.5, 0.6) is 0 Å². The molecule has 1 aromatic rings. The quantitative estimate of drug-likeness (QED) is 0.734. The number of hydrogen-bond acceptors (Lipinski definition) is 3.